The molecule has 1 fully saturated rings. The number of alkyl halides is 3. The molecule has 0 aliphatic carbocycles. The van der Waals surface area contributed by atoms with Gasteiger partial charge in [-0.1, -0.05) is 36.4 Å². The summed E-state index contributed by atoms with van der Waals surface area (Å²) in [6, 6.07) is 21.0. The zero-order valence-electron chi connectivity index (χ0n) is 15.8. The summed E-state index contributed by atoms with van der Waals surface area (Å²) in [5.41, 5.74) is 0.359. The lowest BCUT2D eigenvalue weighted by atomic mass is 10.1. The monoisotopic (exact) mass is 413 g/mol. The molecule has 4 rings (SSSR count). The van der Waals surface area contributed by atoms with Gasteiger partial charge in [0.2, 0.25) is 0 Å². The predicted octanol–water partition coefficient (Wildman–Crippen LogP) is 5.46. The first-order valence-electron chi connectivity index (χ1n) is 9.33. The zero-order chi connectivity index (χ0) is 21.1. The molecule has 7 heteroatoms. The highest BCUT2D eigenvalue weighted by Crippen LogP contribution is 2.38. The Morgan fingerprint density at radius 3 is 2.03 bits per heavy atom. The van der Waals surface area contributed by atoms with Crippen molar-refractivity contribution in [2.24, 2.45) is 0 Å². The molecule has 3 aromatic carbocycles. The average Bonchev–Trinajstić information content (AvgIpc) is 3.57. The van der Waals surface area contributed by atoms with Crippen LogP contribution in [0.4, 0.5) is 24.5 Å². The van der Waals surface area contributed by atoms with Crippen LogP contribution in [0.3, 0.4) is 0 Å². The van der Waals surface area contributed by atoms with Crippen LogP contribution in [0.15, 0.2) is 78.9 Å². The molecule has 0 spiro atoms. The number of hydrogen-bond donors (Lipinski definition) is 0. The van der Waals surface area contributed by atoms with Gasteiger partial charge in [0.1, 0.15) is 18.5 Å². The summed E-state index contributed by atoms with van der Waals surface area (Å²) < 4.78 is 50.6. The summed E-state index contributed by atoms with van der Waals surface area (Å²) in [6.45, 7) is 0.456. The van der Waals surface area contributed by atoms with E-state index in [4.69, 9.17) is 9.47 Å². The zero-order valence-corrected chi connectivity index (χ0v) is 15.8. The Hall–Kier alpha value is -3.32. The first kappa shape index (κ1) is 20.0. The molecule has 0 aromatic heterocycles. The van der Waals surface area contributed by atoms with Crippen molar-refractivity contribution in [1.29, 1.82) is 0 Å². The molecule has 1 atom stereocenters. The lowest BCUT2D eigenvalue weighted by molar-refractivity contribution is -0.139. The molecule has 0 N–H and O–H groups in total. The minimum Gasteiger partial charge on any atom is -0.490 e. The van der Waals surface area contributed by atoms with E-state index in [2.05, 4.69) is 0 Å². The molecule has 154 valence electrons. The van der Waals surface area contributed by atoms with Gasteiger partial charge in [0, 0.05) is 16.9 Å². The SMILES string of the molecule is O=C(c1ccc(C(F)(F)F)c(OCC2CO2)c1)N(c1ccccc1)c1ccccc1. The number of carbonyl (C=O) groups excluding carboxylic acids is 1. The lowest BCUT2D eigenvalue weighted by Gasteiger charge is -2.24. The van der Waals surface area contributed by atoms with Crippen LogP contribution in [0.25, 0.3) is 0 Å². The van der Waals surface area contributed by atoms with Gasteiger partial charge in [0.15, 0.2) is 0 Å². The number of amides is 1. The number of ether oxygens (including phenoxy) is 2. The van der Waals surface area contributed by atoms with E-state index in [9.17, 15) is 18.0 Å². The molecular weight excluding hydrogens is 395 g/mol. The maximum absolute atomic E-state index is 13.4. The van der Waals surface area contributed by atoms with Gasteiger partial charge in [-0.15, -0.1) is 0 Å². The molecule has 1 heterocycles. The highest BCUT2D eigenvalue weighted by atomic mass is 19.4. The fourth-order valence-electron chi connectivity index (χ4n) is 3.02. The number of anilines is 2. The number of carbonyl (C=O) groups is 1. The summed E-state index contributed by atoms with van der Waals surface area (Å²) in [5.74, 6) is -0.849. The van der Waals surface area contributed by atoms with Crippen LogP contribution in [-0.2, 0) is 10.9 Å². The molecule has 0 bridgehead atoms. The van der Waals surface area contributed by atoms with E-state index in [0.29, 0.717) is 18.0 Å². The van der Waals surface area contributed by atoms with Gasteiger partial charge in [-0.25, -0.2) is 0 Å². The standard InChI is InChI=1S/C23H18F3NO3/c24-23(25,26)20-12-11-16(13-21(20)30-15-19-14-29-19)22(28)27(17-7-3-1-4-8-17)18-9-5-2-6-10-18/h1-13,19H,14-15H2. The Labute approximate surface area is 171 Å². The van der Waals surface area contributed by atoms with Crippen LogP contribution in [0.2, 0.25) is 0 Å². The second kappa shape index (κ2) is 8.20. The van der Waals surface area contributed by atoms with E-state index >= 15 is 0 Å². The molecule has 4 nitrogen and oxygen atoms in total. The fraction of sp³-hybridized carbons (Fsp3) is 0.174. The van der Waals surface area contributed by atoms with E-state index in [0.717, 1.165) is 12.1 Å². The smallest absolute Gasteiger partial charge is 0.419 e. The summed E-state index contributed by atoms with van der Waals surface area (Å²) in [4.78, 5) is 14.8. The van der Waals surface area contributed by atoms with Crippen LogP contribution in [0.1, 0.15) is 15.9 Å². The van der Waals surface area contributed by atoms with E-state index in [1.54, 1.807) is 48.5 Å². The third-order valence-corrected chi connectivity index (χ3v) is 4.59. The molecule has 1 aliphatic heterocycles. The van der Waals surface area contributed by atoms with Crippen molar-refractivity contribution in [2.75, 3.05) is 18.1 Å². The second-order valence-electron chi connectivity index (χ2n) is 6.79. The molecule has 1 unspecified atom stereocenters. The van der Waals surface area contributed by atoms with Crippen molar-refractivity contribution in [2.45, 2.75) is 12.3 Å². The van der Waals surface area contributed by atoms with E-state index in [1.807, 2.05) is 12.1 Å². The Bertz CT molecular complexity index is 979. The van der Waals surface area contributed by atoms with Crippen LogP contribution < -0.4 is 9.64 Å². The van der Waals surface area contributed by atoms with Crippen molar-refractivity contribution < 1.29 is 27.4 Å². The molecule has 0 radical (unpaired) electrons. The number of benzene rings is 3. The van der Waals surface area contributed by atoms with Gasteiger partial charge in [-0.05, 0) is 42.5 Å². The van der Waals surface area contributed by atoms with Crippen LogP contribution in [0.5, 0.6) is 5.75 Å². The molecule has 1 saturated heterocycles. The van der Waals surface area contributed by atoms with Gasteiger partial charge in [0.05, 0.1) is 12.2 Å². The molecular formula is C23H18F3NO3. The highest BCUT2D eigenvalue weighted by Gasteiger charge is 2.36. The summed E-state index contributed by atoms with van der Waals surface area (Å²) in [5, 5.41) is 0. The van der Waals surface area contributed by atoms with Crippen LogP contribution in [0, 0.1) is 0 Å². The van der Waals surface area contributed by atoms with Crippen molar-refractivity contribution in [1.82, 2.24) is 0 Å². The van der Waals surface area contributed by atoms with E-state index in [1.165, 1.54) is 11.0 Å². The number of halogens is 3. The Balaban J connectivity index is 1.73. The topological polar surface area (TPSA) is 42.1 Å². The number of hydrogen-bond acceptors (Lipinski definition) is 3. The highest BCUT2D eigenvalue weighted by molar-refractivity contribution is 6.11. The third-order valence-electron chi connectivity index (χ3n) is 4.59. The lowest BCUT2D eigenvalue weighted by Crippen LogP contribution is -2.26. The second-order valence-corrected chi connectivity index (χ2v) is 6.79. The Morgan fingerprint density at radius 1 is 0.967 bits per heavy atom. The van der Waals surface area contributed by atoms with Gasteiger partial charge in [0.25, 0.3) is 5.91 Å². The Morgan fingerprint density at radius 2 is 1.53 bits per heavy atom. The van der Waals surface area contributed by atoms with Crippen molar-refractivity contribution in [3.8, 4) is 5.75 Å². The van der Waals surface area contributed by atoms with Gasteiger partial charge in [-0.2, -0.15) is 13.2 Å². The predicted molar refractivity (Wildman–Crippen MR) is 106 cm³/mol. The average molecular weight is 413 g/mol. The summed E-state index contributed by atoms with van der Waals surface area (Å²) >= 11 is 0. The maximum atomic E-state index is 13.4. The van der Waals surface area contributed by atoms with Crippen molar-refractivity contribution in [3.63, 3.8) is 0 Å². The van der Waals surface area contributed by atoms with E-state index < -0.39 is 17.6 Å². The number of nitrogens with zero attached hydrogens (tertiary/aromatic N) is 1. The van der Waals surface area contributed by atoms with Gasteiger partial charge < -0.3 is 9.47 Å². The minimum atomic E-state index is -4.60. The molecule has 0 saturated carbocycles. The number of para-hydroxylation sites is 2. The van der Waals surface area contributed by atoms with Crippen molar-refractivity contribution >= 4 is 17.3 Å². The molecule has 1 amide bonds. The molecule has 30 heavy (non-hydrogen) atoms. The first-order chi connectivity index (χ1) is 14.4. The first-order valence-corrected chi connectivity index (χ1v) is 9.33. The number of epoxide rings is 1. The molecule has 1 aliphatic rings. The fourth-order valence-corrected chi connectivity index (χ4v) is 3.02. The largest absolute Gasteiger partial charge is 0.490 e. The third kappa shape index (κ3) is 4.46. The normalized spacial score (nSPS) is 15.5. The van der Waals surface area contributed by atoms with E-state index in [-0.39, 0.29) is 24.0 Å². The minimum absolute atomic E-state index is 0.00179. The maximum Gasteiger partial charge on any atom is 0.419 e. The summed E-state index contributed by atoms with van der Waals surface area (Å²) in [6.07, 6.45) is -4.81. The van der Waals surface area contributed by atoms with Crippen LogP contribution >= 0.6 is 0 Å². The van der Waals surface area contributed by atoms with Crippen LogP contribution in [-0.4, -0.2) is 25.2 Å². The summed E-state index contributed by atoms with van der Waals surface area (Å²) in [7, 11) is 0. The van der Waals surface area contributed by atoms with Crippen molar-refractivity contribution in [3.05, 3.63) is 90.0 Å². The van der Waals surface area contributed by atoms with Gasteiger partial charge in [-0.3, -0.25) is 9.69 Å². The van der Waals surface area contributed by atoms with Gasteiger partial charge >= 0.3 is 6.18 Å². The quantitative estimate of drug-likeness (QED) is 0.504. The molecule has 3 aromatic rings. The Kier molecular flexibility index (Phi) is 5.46. The number of rotatable bonds is 6.